The van der Waals surface area contributed by atoms with Crippen LogP contribution in [0.5, 0.6) is 0 Å². The molecule has 6 nitrogen and oxygen atoms in total. The van der Waals surface area contributed by atoms with Gasteiger partial charge < -0.3 is 14.8 Å². The summed E-state index contributed by atoms with van der Waals surface area (Å²) in [5, 5.41) is 3.59. The molecule has 0 fully saturated rings. The molecule has 0 heterocycles. The topological polar surface area (TPSA) is 81.7 Å². The summed E-state index contributed by atoms with van der Waals surface area (Å²) >= 11 is 13.2. The monoisotopic (exact) mass is 441 g/mol. The molecule has 2 aromatic rings. The van der Waals surface area contributed by atoms with Gasteiger partial charge in [-0.1, -0.05) is 29.3 Å². The molecular formula is C19H17Cl2NO5S. The maximum Gasteiger partial charge on any atom is 0.337 e. The second-order valence-corrected chi connectivity index (χ2v) is 7.37. The molecular weight excluding hydrogens is 425 g/mol. The minimum Gasteiger partial charge on any atom is -0.465 e. The van der Waals surface area contributed by atoms with E-state index in [-0.39, 0.29) is 22.8 Å². The average molecular weight is 442 g/mol. The summed E-state index contributed by atoms with van der Waals surface area (Å²) < 4.78 is 9.34. The molecule has 0 bridgehead atoms. The van der Waals surface area contributed by atoms with Gasteiger partial charge in [0.25, 0.3) is 0 Å². The number of benzene rings is 2. The normalized spacial score (nSPS) is 10.3. The standard InChI is InChI=1S/C19H17Cl2NO5S/c1-26-18(24)12-6-13(19(25)27-2)8-14(7-12)22-17(23)10-28-9-11-3-4-15(20)16(21)5-11/h3-8H,9-10H2,1-2H3,(H,22,23). The highest BCUT2D eigenvalue weighted by Crippen LogP contribution is 2.25. The van der Waals surface area contributed by atoms with Gasteiger partial charge in [0.2, 0.25) is 5.91 Å². The Bertz CT molecular complexity index is 870. The lowest BCUT2D eigenvalue weighted by Crippen LogP contribution is -2.16. The van der Waals surface area contributed by atoms with Gasteiger partial charge in [-0.15, -0.1) is 11.8 Å². The number of thioether (sulfide) groups is 1. The highest BCUT2D eigenvalue weighted by molar-refractivity contribution is 7.99. The number of halogens is 2. The van der Waals surface area contributed by atoms with Gasteiger partial charge in [0.15, 0.2) is 0 Å². The van der Waals surface area contributed by atoms with Crippen molar-refractivity contribution in [3.63, 3.8) is 0 Å². The molecule has 0 aromatic heterocycles. The van der Waals surface area contributed by atoms with Crippen molar-refractivity contribution >= 4 is 58.5 Å². The lowest BCUT2D eigenvalue weighted by Gasteiger charge is -2.10. The van der Waals surface area contributed by atoms with Crippen molar-refractivity contribution in [2.24, 2.45) is 0 Å². The van der Waals surface area contributed by atoms with Crippen molar-refractivity contribution < 1.29 is 23.9 Å². The number of ether oxygens (including phenoxy) is 2. The zero-order valence-corrected chi connectivity index (χ0v) is 17.4. The molecule has 0 aliphatic heterocycles. The van der Waals surface area contributed by atoms with Crippen LogP contribution in [0.1, 0.15) is 26.3 Å². The Morgan fingerprint density at radius 3 is 2.07 bits per heavy atom. The first-order valence-electron chi connectivity index (χ1n) is 7.97. The van der Waals surface area contributed by atoms with Gasteiger partial charge in [0.05, 0.1) is 41.1 Å². The Balaban J connectivity index is 2.02. The zero-order chi connectivity index (χ0) is 20.7. The Hall–Kier alpha value is -2.22. The highest BCUT2D eigenvalue weighted by atomic mass is 35.5. The molecule has 2 aromatic carbocycles. The van der Waals surface area contributed by atoms with E-state index in [0.29, 0.717) is 21.5 Å². The van der Waals surface area contributed by atoms with Crippen LogP contribution in [0.3, 0.4) is 0 Å². The molecule has 148 valence electrons. The minimum atomic E-state index is -0.629. The van der Waals surface area contributed by atoms with E-state index < -0.39 is 11.9 Å². The van der Waals surface area contributed by atoms with E-state index in [1.807, 2.05) is 6.07 Å². The number of carbonyl (C=O) groups is 3. The Labute approximate surface area is 176 Å². The summed E-state index contributed by atoms with van der Waals surface area (Å²) in [5.41, 5.74) is 1.49. The SMILES string of the molecule is COC(=O)c1cc(NC(=O)CSCc2ccc(Cl)c(Cl)c2)cc(C(=O)OC)c1. The van der Waals surface area contributed by atoms with Crippen molar-refractivity contribution in [2.75, 3.05) is 25.3 Å². The van der Waals surface area contributed by atoms with Crippen LogP contribution in [-0.4, -0.2) is 37.8 Å². The molecule has 1 amide bonds. The van der Waals surface area contributed by atoms with Crippen molar-refractivity contribution in [3.8, 4) is 0 Å². The summed E-state index contributed by atoms with van der Waals surface area (Å²) in [6, 6.07) is 9.48. The maximum atomic E-state index is 12.2. The van der Waals surface area contributed by atoms with Crippen LogP contribution in [0.15, 0.2) is 36.4 Å². The van der Waals surface area contributed by atoms with Crippen LogP contribution in [-0.2, 0) is 20.0 Å². The number of methoxy groups -OCH3 is 2. The summed E-state index contributed by atoms with van der Waals surface area (Å²) in [4.78, 5) is 35.8. The number of hydrogen-bond donors (Lipinski definition) is 1. The molecule has 2 rings (SSSR count). The number of rotatable bonds is 7. The smallest absolute Gasteiger partial charge is 0.337 e. The molecule has 0 unspecified atom stereocenters. The maximum absolute atomic E-state index is 12.2. The fourth-order valence-electron chi connectivity index (χ4n) is 2.26. The van der Waals surface area contributed by atoms with Crippen molar-refractivity contribution in [2.45, 2.75) is 5.75 Å². The van der Waals surface area contributed by atoms with E-state index in [2.05, 4.69) is 14.8 Å². The number of hydrogen-bond acceptors (Lipinski definition) is 6. The fraction of sp³-hybridized carbons (Fsp3) is 0.211. The van der Waals surface area contributed by atoms with Gasteiger partial charge in [0, 0.05) is 11.4 Å². The number of esters is 2. The van der Waals surface area contributed by atoms with Gasteiger partial charge in [-0.3, -0.25) is 4.79 Å². The average Bonchev–Trinajstić information content (AvgIpc) is 2.69. The van der Waals surface area contributed by atoms with Crippen LogP contribution < -0.4 is 5.32 Å². The van der Waals surface area contributed by atoms with Crippen molar-refractivity contribution in [3.05, 3.63) is 63.1 Å². The third-order valence-electron chi connectivity index (χ3n) is 3.54. The van der Waals surface area contributed by atoms with Crippen LogP contribution in [0, 0.1) is 0 Å². The first kappa shape index (κ1) is 22.1. The van der Waals surface area contributed by atoms with E-state index in [4.69, 9.17) is 23.2 Å². The van der Waals surface area contributed by atoms with Gasteiger partial charge in [-0.05, 0) is 35.9 Å². The molecule has 0 aliphatic rings. The molecule has 1 N–H and O–H groups in total. The van der Waals surface area contributed by atoms with Crippen LogP contribution in [0.25, 0.3) is 0 Å². The quantitative estimate of drug-likeness (QED) is 0.639. The van der Waals surface area contributed by atoms with Gasteiger partial charge in [-0.25, -0.2) is 9.59 Å². The third-order valence-corrected chi connectivity index (χ3v) is 5.29. The van der Waals surface area contributed by atoms with E-state index in [0.717, 1.165) is 5.56 Å². The largest absolute Gasteiger partial charge is 0.465 e. The fourth-order valence-corrected chi connectivity index (χ4v) is 3.35. The molecule has 28 heavy (non-hydrogen) atoms. The molecule has 0 saturated carbocycles. The molecule has 0 saturated heterocycles. The predicted molar refractivity (Wildman–Crippen MR) is 110 cm³/mol. The first-order valence-corrected chi connectivity index (χ1v) is 9.88. The number of nitrogens with one attached hydrogen (secondary N) is 1. The Morgan fingerprint density at radius 1 is 0.929 bits per heavy atom. The van der Waals surface area contributed by atoms with Crippen LogP contribution >= 0.6 is 35.0 Å². The molecule has 0 spiro atoms. The van der Waals surface area contributed by atoms with Crippen molar-refractivity contribution in [1.29, 1.82) is 0 Å². The van der Waals surface area contributed by atoms with Crippen LogP contribution in [0.4, 0.5) is 5.69 Å². The summed E-state index contributed by atoms with van der Waals surface area (Å²) in [7, 11) is 2.45. The Morgan fingerprint density at radius 2 is 1.54 bits per heavy atom. The molecule has 0 atom stereocenters. The Kier molecular flexibility index (Phi) is 8.17. The van der Waals surface area contributed by atoms with Crippen molar-refractivity contribution in [1.82, 2.24) is 0 Å². The zero-order valence-electron chi connectivity index (χ0n) is 15.1. The molecule has 9 heteroatoms. The highest BCUT2D eigenvalue weighted by Gasteiger charge is 2.15. The van der Waals surface area contributed by atoms with E-state index >= 15 is 0 Å². The second-order valence-electron chi connectivity index (χ2n) is 5.57. The van der Waals surface area contributed by atoms with Gasteiger partial charge in [-0.2, -0.15) is 0 Å². The summed E-state index contributed by atoms with van der Waals surface area (Å²) in [6.45, 7) is 0. The number of carbonyl (C=O) groups excluding carboxylic acids is 3. The lowest BCUT2D eigenvalue weighted by atomic mass is 10.1. The second kappa shape index (κ2) is 10.4. The lowest BCUT2D eigenvalue weighted by molar-refractivity contribution is -0.113. The minimum absolute atomic E-state index is 0.129. The number of amides is 1. The molecule has 0 radical (unpaired) electrons. The third kappa shape index (κ3) is 6.15. The molecule has 0 aliphatic carbocycles. The van der Waals surface area contributed by atoms with Gasteiger partial charge >= 0.3 is 11.9 Å². The van der Waals surface area contributed by atoms with Gasteiger partial charge in [0.1, 0.15) is 0 Å². The summed E-state index contributed by atoms with van der Waals surface area (Å²) in [5.74, 6) is -0.815. The number of anilines is 1. The summed E-state index contributed by atoms with van der Waals surface area (Å²) in [6.07, 6.45) is 0. The van der Waals surface area contributed by atoms with E-state index in [1.165, 1.54) is 44.2 Å². The van der Waals surface area contributed by atoms with E-state index in [9.17, 15) is 14.4 Å². The van der Waals surface area contributed by atoms with E-state index in [1.54, 1.807) is 12.1 Å². The van der Waals surface area contributed by atoms with Crippen LogP contribution in [0.2, 0.25) is 10.0 Å². The first-order chi connectivity index (χ1) is 13.3. The predicted octanol–water partition coefficient (Wildman–Crippen LogP) is 4.44.